The molecule has 1 aromatic carbocycles. The van der Waals surface area contributed by atoms with Crippen LogP contribution in [0.4, 0.5) is 5.69 Å². The fourth-order valence-electron chi connectivity index (χ4n) is 1.81. The number of unbranched alkanes of at least 4 members (excludes halogenated alkanes) is 1. The Balaban J connectivity index is 2.71. The van der Waals surface area contributed by atoms with E-state index in [0.29, 0.717) is 17.7 Å². The molecule has 0 aromatic heterocycles. The number of amides is 2. The van der Waals surface area contributed by atoms with Crippen LogP contribution in [0, 0.1) is 0 Å². The van der Waals surface area contributed by atoms with Gasteiger partial charge >= 0.3 is 0 Å². The van der Waals surface area contributed by atoms with Gasteiger partial charge in [0.15, 0.2) is 5.11 Å². The van der Waals surface area contributed by atoms with Gasteiger partial charge in [0.25, 0.3) is 5.91 Å². The second kappa shape index (κ2) is 9.15. The van der Waals surface area contributed by atoms with Gasteiger partial charge in [0.1, 0.15) is 0 Å². The molecule has 3 N–H and O–H groups in total. The van der Waals surface area contributed by atoms with E-state index < -0.39 is 0 Å². The maximum Gasteiger partial charge on any atom is 0.253 e. The van der Waals surface area contributed by atoms with Crippen LogP contribution in [0.3, 0.4) is 0 Å². The molecule has 0 saturated carbocycles. The number of nitrogens with one attached hydrogen (secondary N) is 3. The van der Waals surface area contributed by atoms with Gasteiger partial charge in [-0.25, -0.2) is 0 Å². The average molecular weight is 321 g/mol. The van der Waals surface area contributed by atoms with Crippen LogP contribution in [0.5, 0.6) is 0 Å². The molecule has 1 rings (SSSR count). The highest BCUT2D eigenvalue weighted by molar-refractivity contribution is 7.80. The second-order valence-corrected chi connectivity index (χ2v) is 5.69. The predicted molar refractivity (Wildman–Crippen MR) is 92.9 cm³/mol. The fraction of sp³-hybridized carbons (Fsp3) is 0.438. The van der Waals surface area contributed by atoms with Crippen LogP contribution < -0.4 is 16.0 Å². The molecule has 0 aliphatic carbocycles. The van der Waals surface area contributed by atoms with E-state index in [1.807, 2.05) is 20.8 Å². The molecule has 22 heavy (non-hydrogen) atoms. The summed E-state index contributed by atoms with van der Waals surface area (Å²) in [6, 6.07) is 7.09. The van der Waals surface area contributed by atoms with E-state index in [1.165, 1.54) is 0 Å². The average Bonchev–Trinajstić information content (AvgIpc) is 2.44. The monoisotopic (exact) mass is 321 g/mol. The molecule has 0 heterocycles. The van der Waals surface area contributed by atoms with Gasteiger partial charge in [-0.1, -0.05) is 25.5 Å². The number of para-hydroxylation sites is 1. The minimum atomic E-state index is -0.182. The minimum Gasteiger partial charge on any atom is -0.350 e. The number of benzene rings is 1. The van der Waals surface area contributed by atoms with E-state index in [2.05, 4.69) is 16.0 Å². The molecule has 6 heteroatoms. The van der Waals surface area contributed by atoms with Crippen LogP contribution in [0.15, 0.2) is 24.3 Å². The van der Waals surface area contributed by atoms with Crippen LogP contribution in [-0.4, -0.2) is 23.0 Å². The van der Waals surface area contributed by atoms with E-state index in [4.69, 9.17) is 12.2 Å². The van der Waals surface area contributed by atoms with Crippen molar-refractivity contribution in [3.63, 3.8) is 0 Å². The first kappa shape index (κ1) is 18.1. The smallest absolute Gasteiger partial charge is 0.253 e. The Morgan fingerprint density at radius 3 is 2.55 bits per heavy atom. The summed E-state index contributed by atoms with van der Waals surface area (Å²) >= 11 is 5.12. The summed E-state index contributed by atoms with van der Waals surface area (Å²) in [6.45, 7) is 5.81. The van der Waals surface area contributed by atoms with Gasteiger partial charge in [0.2, 0.25) is 5.91 Å². The number of rotatable bonds is 6. The Kier molecular flexibility index (Phi) is 7.52. The lowest BCUT2D eigenvalue weighted by Gasteiger charge is -2.14. The Bertz CT molecular complexity index is 544. The zero-order chi connectivity index (χ0) is 16.5. The van der Waals surface area contributed by atoms with Gasteiger partial charge in [-0.3, -0.25) is 9.59 Å². The molecule has 0 radical (unpaired) electrons. The number of anilines is 1. The molecule has 120 valence electrons. The van der Waals surface area contributed by atoms with Crippen LogP contribution >= 0.6 is 12.2 Å². The maximum absolute atomic E-state index is 12.1. The Morgan fingerprint density at radius 2 is 1.91 bits per heavy atom. The van der Waals surface area contributed by atoms with Crippen LogP contribution in [-0.2, 0) is 4.79 Å². The van der Waals surface area contributed by atoms with Crippen molar-refractivity contribution in [3.8, 4) is 0 Å². The van der Waals surface area contributed by atoms with Gasteiger partial charge in [0, 0.05) is 12.5 Å². The molecule has 2 amide bonds. The minimum absolute atomic E-state index is 0.0428. The molecule has 1 aromatic rings. The van der Waals surface area contributed by atoms with Crippen molar-refractivity contribution in [3.05, 3.63) is 29.8 Å². The SMILES string of the molecule is CCCCC(=O)NC(=S)Nc1ccccc1C(=O)NC(C)C. The van der Waals surface area contributed by atoms with E-state index in [1.54, 1.807) is 24.3 Å². The van der Waals surface area contributed by atoms with Crippen LogP contribution in [0.1, 0.15) is 50.4 Å². The second-order valence-electron chi connectivity index (χ2n) is 5.28. The Morgan fingerprint density at radius 1 is 1.23 bits per heavy atom. The van der Waals surface area contributed by atoms with E-state index in [9.17, 15) is 9.59 Å². The number of hydrogen-bond donors (Lipinski definition) is 3. The molecular weight excluding hydrogens is 298 g/mol. The fourth-order valence-corrected chi connectivity index (χ4v) is 2.03. The number of hydrogen-bond acceptors (Lipinski definition) is 3. The van der Waals surface area contributed by atoms with E-state index in [-0.39, 0.29) is 23.0 Å². The van der Waals surface area contributed by atoms with E-state index in [0.717, 1.165) is 12.8 Å². The van der Waals surface area contributed by atoms with Gasteiger partial charge in [0.05, 0.1) is 11.3 Å². The zero-order valence-corrected chi connectivity index (χ0v) is 14.0. The summed E-state index contributed by atoms with van der Waals surface area (Å²) in [5, 5.41) is 8.56. The number of carbonyl (C=O) groups excluding carboxylic acids is 2. The normalized spacial score (nSPS) is 10.2. The summed E-state index contributed by atoms with van der Waals surface area (Å²) in [5.41, 5.74) is 1.06. The van der Waals surface area contributed by atoms with Gasteiger partial charge < -0.3 is 16.0 Å². The summed E-state index contributed by atoms with van der Waals surface area (Å²) in [7, 11) is 0. The standard InChI is InChI=1S/C16H23N3O2S/c1-4-5-10-14(20)19-16(22)18-13-9-7-6-8-12(13)15(21)17-11(2)3/h6-9,11H,4-5,10H2,1-3H3,(H,17,21)(H2,18,19,20,22). The lowest BCUT2D eigenvalue weighted by atomic mass is 10.1. The largest absolute Gasteiger partial charge is 0.350 e. The highest BCUT2D eigenvalue weighted by Crippen LogP contribution is 2.15. The number of thiocarbonyl (C=S) groups is 1. The zero-order valence-electron chi connectivity index (χ0n) is 13.2. The highest BCUT2D eigenvalue weighted by atomic mass is 32.1. The lowest BCUT2D eigenvalue weighted by molar-refractivity contribution is -0.119. The molecular formula is C16H23N3O2S. The predicted octanol–water partition coefficient (Wildman–Crippen LogP) is 2.83. The topological polar surface area (TPSA) is 70.2 Å². The van der Waals surface area contributed by atoms with Crippen molar-refractivity contribution >= 4 is 34.8 Å². The van der Waals surface area contributed by atoms with Crippen molar-refractivity contribution in [2.75, 3.05) is 5.32 Å². The lowest BCUT2D eigenvalue weighted by Crippen LogP contribution is -2.35. The van der Waals surface area contributed by atoms with Crippen molar-refractivity contribution in [1.82, 2.24) is 10.6 Å². The molecule has 0 bridgehead atoms. The molecule has 0 aliphatic rings. The summed E-state index contributed by atoms with van der Waals surface area (Å²) in [5.74, 6) is -0.304. The van der Waals surface area contributed by atoms with Crippen molar-refractivity contribution in [2.45, 2.75) is 46.1 Å². The molecule has 0 fully saturated rings. The maximum atomic E-state index is 12.1. The quantitative estimate of drug-likeness (QED) is 0.705. The third-order valence-corrected chi connectivity index (χ3v) is 3.05. The molecule has 0 spiro atoms. The van der Waals surface area contributed by atoms with Crippen LogP contribution in [0.2, 0.25) is 0 Å². The van der Waals surface area contributed by atoms with Crippen molar-refractivity contribution in [2.24, 2.45) is 0 Å². The van der Waals surface area contributed by atoms with E-state index >= 15 is 0 Å². The van der Waals surface area contributed by atoms with Crippen molar-refractivity contribution < 1.29 is 9.59 Å². The Hall–Kier alpha value is -1.95. The first-order chi connectivity index (χ1) is 10.4. The van der Waals surface area contributed by atoms with Gasteiger partial charge in [-0.15, -0.1) is 0 Å². The third-order valence-electron chi connectivity index (χ3n) is 2.85. The first-order valence-corrected chi connectivity index (χ1v) is 7.85. The molecule has 0 atom stereocenters. The first-order valence-electron chi connectivity index (χ1n) is 7.44. The summed E-state index contributed by atoms with van der Waals surface area (Å²) in [4.78, 5) is 23.8. The van der Waals surface area contributed by atoms with Crippen molar-refractivity contribution in [1.29, 1.82) is 0 Å². The van der Waals surface area contributed by atoms with Gasteiger partial charge in [-0.2, -0.15) is 0 Å². The summed E-state index contributed by atoms with van der Waals surface area (Å²) in [6.07, 6.45) is 2.21. The Labute approximate surface area is 136 Å². The highest BCUT2D eigenvalue weighted by Gasteiger charge is 2.13. The molecule has 0 aliphatic heterocycles. The molecule has 0 unspecified atom stereocenters. The molecule has 0 saturated heterocycles. The van der Waals surface area contributed by atoms with Gasteiger partial charge in [-0.05, 0) is 44.6 Å². The third kappa shape index (κ3) is 6.22. The summed E-state index contributed by atoms with van der Waals surface area (Å²) < 4.78 is 0. The van der Waals surface area contributed by atoms with Crippen LogP contribution in [0.25, 0.3) is 0 Å². The number of carbonyl (C=O) groups is 2. The molecule has 5 nitrogen and oxygen atoms in total.